The Morgan fingerprint density at radius 1 is 1.11 bits per heavy atom. The summed E-state index contributed by atoms with van der Waals surface area (Å²) in [5, 5.41) is 2.93. The van der Waals surface area contributed by atoms with Gasteiger partial charge in [0.05, 0.1) is 6.61 Å². The van der Waals surface area contributed by atoms with Crippen molar-refractivity contribution in [1.82, 2.24) is 14.8 Å². The van der Waals surface area contributed by atoms with Gasteiger partial charge in [-0.2, -0.15) is 0 Å². The number of amides is 1. The third-order valence-electron chi connectivity index (χ3n) is 4.42. The van der Waals surface area contributed by atoms with Crippen LogP contribution in [0.2, 0.25) is 0 Å². The van der Waals surface area contributed by atoms with Crippen LogP contribution in [-0.4, -0.2) is 48.2 Å². The van der Waals surface area contributed by atoms with Crippen LogP contribution in [0.4, 0.5) is 0 Å². The molecule has 1 aromatic heterocycles. The van der Waals surface area contributed by atoms with E-state index in [0.29, 0.717) is 13.2 Å². The summed E-state index contributed by atoms with van der Waals surface area (Å²) in [6, 6.07) is 12.2. The van der Waals surface area contributed by atoms with E-state index in [0.717, 1.165) is 30.9 Å². The van der Waals surface area contributed by atoms with Crippen LogP contribution in [0.25, 0.3) is 11.8 Å². The third kappa shape index (κ3) is 6.09. The van der Waals surface area contributed by atoms with Crippen molar-refractivity contribution >= 4 is 17.7 Å². The zero-order valence-corrected chi connectivity index (χ0v) is 16.9. The van der Waals surface area contributed by atoms with Crippen LogP contribution in [-0.2, 0) is 4.79 Å². The lowest BCUT2D eigenvalue weighted by Crippen LogP contribution is -2.37. The monoisotopic (exact) mass is 383 g/mol. The van der Waals surface area contributed by atoms with E-state index in [1.54, 1.807) is 24.4 Å². The van der Waals surface area contributed by atoms with E-state index in [2.05, 4.69) is 24.1 Å². The van der Waals surface area contributed by atoms with Crippen molar-refractivity contribution < 1.29 is 9.53 Å². The molecular weight excluding hydrogens is 354 g/mol. The molecule has 1 N–H and O–H groups in total. The van der Waals surface area contributed by atoms with Crippen LogP contribution in [0, 0.1) is 0 Å². The van der Waals surface area contributed by atoms with Gasteiger partial charge in [-0.15, -0.1) is 0 Å². The van der Waals surface area contributed by atoms with E-state index in [4.69, 9.17) is 4.74 Å². The number of aromatic nitrogens is 1. The van der Waals surface area contributed by atoms with E-state index < -0.39 is 0 Å². The number of rotatable bonds is 10. The maximum Gasteiger partial charge on any atom is 0.268 e. The van der Waals surface area contributed by atoms with Gasteiger partial charge in [0.1, 0.15) is 11.4 Å². The molecule has 1 aromatic carbocycles. The Hall–Kier alpha value is -2.86. The first-order chi connectivity index (χ1) is 13.6. The first-order valence-electron chi connectivity index (χ1n) is 9.72. The average Bonchev–Trinajstić information content (AvgIpc) is 2.71. The number of pyridine rings is 1. The molecule has 6 nitrogen and oxygen atoms in total. The number of ether oxygens (including phenoxy) is 1. The maximum atomic E-state index is 12.8. The fourth-order valence-electron chi connectivity index (χ4n) is 2.81. The summed E-state index contributed by atoms with van der Waals surface area (Å²) < 4.78 is 6.82. The molecule has 28 heavy (non-hydrogen) atoms. The minimum Gasteiger partial charge on any atom is -0.494 e. The molecule has 0 bridgehead atoms. The summed E-state index contributed by atoms with van der Waals surface area (Å²) in [6.07, 6.45) is 3.32. The molecule has 0 radical (unpaired) electrons. The van der Waals surface area contributed by atoms with Gasteiger partial charge in [0.25, 0.3) is 11.5 Å². The highest BCUT2D eigenvalue weighted by Crippen LogP contribution is 2.16. The zero-order chi connectivity index (χ0) is 20.4. The number of carbonyl (C=O) groups is 1. The molecule has 1 heterocycles. The molecule has 0 saturated heterocycles. The van der Waals surface area contributed by atoms with Crippen molar-refractivity contribution in [2.45, 2.75) is 20.8 Å². The van der Waals surface area contributed by atoms with Gasteiger partial charge in [0.2, 0.25) is 0 Å². The summed E-state index contributed by atoms with van der Waals surface area (Å²) in [5.41, 5.74) is 0.848. The fourth-order valence-corrected chi connectivity index (χ4v) is 2.81. The molecule has 2 rings (SSSR count). The Kier molecular flexibility index (Phi) is 8.49. The van der Waals surface area contributed by atoms with Crippen molar-refractivity contribution in [2.75, 3.05) is 32.8 Å². The smallest absolute Gasteiger partial charge is 0.268 e. The molecule has 0 aliphatic carbocycles. The van der Waals surface area contributed by atoms with Crippen LogP contribution in [0.1, 0.15) is 26.3 Å². The summed E-state index contributed by atoms with van der Waals surface area (Å²) >= 11 is 0. The third-order valence-corrected chi connectivity index (χ3v) is 4.42. The number of carbonyl (C=O) groups excluding carboxylic acids is 1. The summed E-state index contributed by atoms with van der Waals surface area (Å²) in [7, 11) is 0. The number of hydrogen-bond donors (Lipinski definition) is 1. The molecule has 0 aliphatic rings. The minimum atomic E-state index is -0.283. The van der Waals surface area contributed by atoms with Gasteiger partial charge in [0, 0.05) is 25.4 Å². The van der Waals surface area contributed by atoms with E-state index >= 15 is 0 Å². The lowest BCUT2D eigenvalue weighted by Gasteiger charge is -2.18. The molecule has 6 heteroatoms. The number of nitrogens with one attached hydrogen (secondary N) is 1. The van der Waals surface area contributed by atoms with E-state index in [-0.39, 0.29) is 17.2 Å². The second-order valence-corrected chi connectivity index (χ2v) is 6.22. The first kappa shape index (κ1) is 21.4. The standard InChI is InChI=1S/C22H29N3O3/c1-4-24(5-2)16-14-23-22(27)20(25-15-8-7-9-21(25)26)17-18-10-12-19(13-11-18)28-6-3/h7-13,15,17H,4-6,14,16H2,1-3H3,(H,23,27)/b20-17+. The lowest BCUT2D eigenvalue weighted by atomic mass is 10.1. The molecule has 0 fully saturated rings. The van der Waals surface area contributed by atoms with Gasteiger partial charge < -0.3 is 15.0 Å². The molecule has 2 aromatic rings. The Balaban J connectivity index is 2.26. The largest absolute Gasteiger partial charge is 0.494 e. The van der Waals surface area contributed by atoms with Crippen LogP contribution >= 0.6 is 0 Å². The van der Waals surface area contributed by atoms with Crippen molar-refractivity contribution in [3.63, 3.8) is 0 Å². The highest BCUT2D eigenvalue weighted by Gasteiger charge is 2.13. The Morgan fingerprint density at radius 3 is 2.43 bits per heavy atom. The predicted octanol–water partition coefficient (Wildman–Crippen LogP) is 2.70. The molecular formula is C22H29N3O3. The van der Waals surface area contributed by atoms with Gasteiger partial charge in [-0.05, 0) is 49.9 Å². The number of likely N-dealkylation sites (N-methyl/N-ethyl adjacent to an activating group) is 1. The van der Waals surface area contributed by atoms with Crippen LogP contribution < -0.4 is 15.6 Å². The second kappa shape index (κ2) is 11.1. The molecule has 0 aliphatic heterocycles. The van der Waals surface area contributed by atoms with E-state index in [9.17, 15) is 9.59 Å². The van der Waals surface area contributed by atoms with Crippen LogP contribution in [0.5, 0.6) is 5.75 Å². The van der Waals surface area contributed by atoms with Gasteiger partial charge in [0.15, 0.2) is 0 Å². The SMILES string of the molecule is CCOc1ccc(/C=C(\C(=O)NCCN(CC)CC)n2ccccc2=O)cc1. The molecule has 0 unspecified atom stereocenters. The summed E-state index contributed by atoms with van der Waals surface area (Å²) in [6.45, 7) is 9.84. The number of benzene rings is 1. The highest BCUT2D eigenvalue weighted by atomic mass is 16.5. The number of hydrogen-bond acceptors (Lipinski definition) is 4. The Labute approximate surface area is 166 Å². The molecule has 0 saturated carbocycles. The fraction of sp³-hybridized carbons (Fsp3) is 0.364. The van der Waals surface area contributed by atoms with Crippen molar-refractivity contribution in [3.8, 4) is 5.75 Å². The Morgan fingerprint density at radius 2 is 1.82 bits per heavy atom. The van der Waals surface area contributed by atoms with E-state index in [1.165, 1.54) is 10.6 Å². The maximum absolute atomic E-state index is 12.8. The minimum absolute atomic E-state index is 0.251. The van der Waals surface area contributed by atoms with E-state index in [1.807, 2.05) is 31.2 Å². The second-order valence-electron chi connectivity index (χ2n) is 6.22. The van der Waals surface area contributed by atoms with Gasteiger partial charge in [-0.3, -0.25) is 14.2 Å². The topological polar surface area (TPSA) is 63.6 Å². The quantitative estimate of drug-likeness (QED) is 0.641. The number of nitrogens with zero attached hydrogens (tertiary/aromatic N) is 2. The van der Waals surface area contributed by atoms with Crippen molar-refractivity contribution in [2.24, 2.45) is 0 Å². The van der Waals surface area contributed by atoms with Gasteiger partial charge in [-0.25, -0.2) is 0 Å². The van der Waals surface area contributed by atoms with Gasteiger partial charge >= 0.3 is 0 Å². The Bertz CT molecular complexity index is 837. The highest BCUT2D eigenvalue weighted by molar-refractivity contribution is 6.18. The van der Waals surface area contributed by atoms with Crippen LogP contribution in [0.3, 0.4) is 0 Å². The molecule has 0 atom stereocenters. The predicted molar refractivity (Wildman–Crippen MR) is 113 cm³/mol. The van der Waals surface area contributed by atoms with Crippen LogP contribution in [0.15, 0.2) is 53.5 Å². The lowest BCUT2D eigenvalue weighted by molar-refractivity contribution is -0.116. The molecule has 0 spiro atoms. The first-order valence-corrected chi connectivity index (χ1v) is 9.72. The normalized spacial score (nSPS) is 11.5. The molecule has 150 valence electrons. The zero-order valence-electron chi connectivity index (χ0n) is 16.9. The van der Waals surface area contributed by atoms with Crippen molar-refractivity contribution in [3.05, 3.63) is 64.6 Å². The average molecular weight is 383 g/mol. The molecule has 1 amide bonds. The van der Waals surface area contributed by atoms with Gasteiger partial charge in [-0.1, -0.05) is 32.0 Å². The summed E-state index contributed by atoms with van der Waals surface area (Å²) in [4.78, 5) is 27.4. The summed E-state index contributed by atoms with van der Waals surface area (Å²) in [5.74, 6) is 0.482. The van der Waals surface area contributed by atoms with Crippen molar-refractivity contribution in [1.29, 1.82) is 0 Å².